The highest BCUT2D eigenvalue weighted by molar-refractivity contribution is 7.47. The molecule has 0 fully saturated rings. The summed E-state index contributed by atoms with van der Waals surface area (Å²) in [4.78, 5) is 34.5. The van der Waals surface area contributed by atoms with Gasteiger partial charge in [-0.25, -0.2) is 4.57 Å². The first-order chi connectivity index (χ1) is 20.8. The summed E-state index contributed by atoms with van der Waals surface area (Å²) in [5, 5.41) is 0. The molecule has 43 heavy (non-hydrogen) atoms. The SMILES string of the molecule is CCCCC/C=C/CCCCCCCC(=O)O[C@H](COC(=O)CCCCCCCCCCCC)COP(=O)(O)OCCN. The Bertz CT molecular complexity index is 734. The molecule has 0 spiro atoms. The van der Waals surface area contributed by atoms with E-state index in [4.69, 9.17) is 24.3 Å². The van der Waals surface area contributed by atoms with Crippen molar-refractivity contribution in [3.63, 3.8) is 0 Å². The molecule has 0 bridgehead atoms. The molecule has 0 heterocycles. The Morgan fingerprint density at radius 3 is 1.70 bits per heavy atom. The van der Waals surface area contributed by atoms with Crippen LogP contribution < -0.4 is 5.73 Å². The fourth-order valence-electron chi connectivity index (χ4n) is 4.57. The van der Waals surface area contributed by atoms with E-state index in [2.05, 4.69) is 26.0 Å². The molecule has 0 aliphatic heterocycles. The summed E-state index contributed by atoms with van der Waals surface area (Å²) in [7, 11) is -4.36. The molecule has 0 saturated heterocycles. The third-order valence-electron chi connectivity index (χ3n) is 7.15. The maximum atomic E-state index is 12.4. The van der Waals surface area contributed by atoms with Gasteiger partial charge < -0.3 is 20.1 Å². The Morgan fingerprint density at radius 2 is 1.14 bits per heavy atom. The van der Waals surface area contributed by atoms with Crippen LogP contribution in [0.5, 0.6) is 0 Å². The first-order valence-corrected chi connectivity index (χ1v) is 18.7. The van der Waals surface area contributed by atoms with Crippen LogP contribution >= 0.6 is 7.82 Å². The number of unbranched alkanes of at least 4 members (excludes halogenated alkanes) is 17. The Morgan fingerprint density at radius 1 is 0.674 bits per heavy atom. The van der Waals surface area contributed by atoms with Crippen LogP contribution in [0.4, 0.5) is 0 Å². The molecule has 0 radical (unpaired) electrons. The third kappa shape index (κ3) is 30.6. The topological polar surface area (TPSA) is 134 Å². The summed E-state index contributed by atoms with van der Waals surface area (Å²) in [5.41, 5.74) is 5.31. The van der Waals surface area contributed by atoms with E-state index < -0.39 is 26.5 Å². The minimum atomic E-state index is -4.36. The average molecular weight is 634 g/mol. The molecule has 0 aromatic rings. The average Bonchev–Trinajstić information content (AvgIpc) is 2.99. The van der Waals surface area contributed by atoms with Crippen molar-refractivity contribution in [1.29, 1.82) is 0 Å². The maximum absolute atomic E-state index is 12.4. The Kier molecular flexibility index (Phi) is 29.9. The molecule has 0 aromatic carbocycles. The van der Waals surface area contributed by atoms with E-state index in [1.807, 2.05) is 0 Å². The quantitative estimate of drug-likeness (QED) is 0.0323. The molecule has 0 rings (SSSR count). The highest BCUT2D eigenvalue weighted by atomic mass is 31.2. The molecule has 9 nitrogen and oxygen atoms in total. The molecular weight excluding hydrogens is 569 g/mol. The van der Waals surface area contributed by atoms with Gasteiger partial charge in [0, 0.05) is 19.4 Å². The minimum Gasteiger partial charge on any atom is -0.462 e. The summed E-state index contributed by atoms with van der Waals surface area (Å²) in [6.45, 7) is 3.66. The van der Waals surface area contributed by atoms with Gasteiger partial charge >= 0.3 is 19.8 Å². The number of carbonyl (C=O) groups excluding carboxylic acids is 2. The van der Waals surface area contributed by atoms with Crippen molar-refractivity contribution in [2.24, 2.45) is 5.73 Å². The van der Waals surface area contributed by atoms with E-state index in [1.54, 1.807) is 0 Å². The largest absolute Gasteiger partial charge is 0.472 e. The lowest BCUT2D eigenvalue weighted by Gasteiger charge is -2.19. The van der Waals surface area contributed by atoms with Gasteiger partial charge in [0.1, 0.15) is 6.61 Å². The monoisotopic (exact) mass is 633 g/mol. The van der Waals surface area contributed by atoms with E-state index in [1.165, 1.54) is 64.2 Å². The van der Waals surface area contributed by atoms with Gasteiger partial charge in [-0.15, -0.1) is 0 Å². The molecule has 2 atom stereocenters. The highest BCUT2D eigenvalue weighted by Gasteiger charge is 2.25. The Hall–Kier alpha value is -1.25. The lowest BCUT2D eigenvalue weighted by molar-refractivity contribution is -0.161. The lowest BCUT2D eigenvalue weighted by Crippen LogP contribution is -2.29. The van der Waals surface area contributed by atoms with Gasteiger partial charge in [-0.1, -0.05) is 116 Å². The van der Waals surface area contributed by atoms with Crippen LogP contribution in [-0.4, -0.2) is 49.3 Å². The van der Waals surface area contributed by atoms with E-state index >= 15 is 0 Å². The number of rotatable bonds is 32. The summed E-state index contributed by atoms with van der Waals surface area (Å²) in [6.07, 6.45) is 26.7. The molecule has 0 aliphatic carbocycles. The summed E-state index contributed by atoms with van der Waals surface area (Å²) in [5.74, 6) is -0.840. The van der Waals surface area contributed by atoms with E-state index in [0.717, 1.165) is 57.8 Å². The van der Waals surface area contributed by atoms with Crippen molar-refractivity contribution < 1.29 is 37.6 Å². The van der Waals surface area contributed by atoms with Crippen LogP contribution in [0.3, 0.4) is 0 Å². The van der Waals surface area contributed by atoms with Crippen LogP contribution in [0.25, 0.3) is 0 Å². The Balaban J connectivity index is 4.29. The van der Waals surface area contributed by atoms with Gasteiger partial charge in [0.05, 0.1) is 13.2 Å². The van der Waals surface area contributed by atoms with Gasteiger partial charge in [0.25, 0.3) is 0 Å². The normalized spacial score (nSPS) is 13.7. The zero-order valence-electron chi connectivity index (χ0n) is 27.4. The Labute approximate surface area is 262 Å². The number of hydrogen-bond acceptors (Lipinski definition) is 8. The highest BCUT2D eigenvalue weighted by Crippen LogP contribution is 2.43. The smallest absolute Gasteiger partial charge is 0.462 e. The number of nitrogens with two attached hydrogens (primary N) is 1. The first kappa shape index (κ1) is 41.8. The standard InChI is InChI=1S/C33H64NO8P/c1-3-5-7-9-11-13-15-16-18-20-22-24-26-33(36)42-31(30-41-43(37,38)40-28-27-34)29-39-32(35)25-23-21-19-17-14-12-10-8-6-4-2/h11,13,31H,3-10,12,14-30,34H2,1-2H3,(H,37,38)/b13-11+/t31-/m1/s1. The second-order valence-corrected chi connectivity index (χ2v) is 12.8. The molecule has 0 aliphatic rings. The van der Waals surface area contributed by atoms with E-state index in [0.29, 0.717) is 6.42 Å². The zero-order valence-corrected chi connectivity index (χ0v) is 28.3. The second-order valence-electron chi connectivity index (χ2n) is 11.4. The lowest BCUT2D eigenvalue weighted by atomic mass is 10.1. The summed E-state index contributed by atoms with van der Waals surface area (Å²) >= 11 is 0. The van der Waals surface area contributed by atoms with Crippen molar-refractivity contribution in [3.05, 3.63) is 12.2 Å². The van der Waals surface area contributed by atoms with Crippen LogP contribution in [0.15, 0.2) is 12.2 Å². The maximum Gasteiger partial charge on any atom is 0.472 e. The van der Waals surface area contributed by atoms with Crippen molar-refractivity contribution in [2.45, 2.75) is 161 Å². The van der Waals surface area contributed by atoms with Crippen LogP contribution in [-0.2, 0) is 32.7 Å². The van der Waals surface area contributed by atoms with Crippen molar-refractivity contribution in [1.82, 2.24) is 0 Å². The number of ether oxygens (including phenoxy) is 2. The van der Waals surface area contributed by atoms with Crippen molar-refractivity contribution >= 4 is 19.8 Å². The fourth-order valence-corrected chi connectivity index (χ4v) is 5.33. The van der Waals surface area contributed by atoms with Crippen LogP contribution in [0.2, 0.25) is 0 Å². The molecule has 10 heteroatoms. The van der Waals surface area contributed by atoms with Gasteiger partial charge in [-0.05, 0) is 38.5 Å². The van der Waals surface area contributed by atoms with Gasteiger partial charge in [0.2, 0.25) is 0 Å². The molecule has 0 amide bonds. The first-order valence-electron chi connectivity index (χ1n) is 17.2. The van der Waals surface area contributed by atoms with Gasteiger partial charge in [-0.2, -0.15) is 0 Å². The number of hydrogen-bond donors (Lipinski definition) is 2. The molecular formula is C33H64NO8P. The van der Waals surface area contributed by atoms with Crippen LogP contribution in [0.1, 0.15) is 155 Å². The van der Waals surface area contributed by atoms with Crippen molar-refractivity contribution in [3.8, 4) is 0 Å². The zero-order chi connectivity index (χ0) is 31.9. The number of phosphoric acid groups is 1. The van der Waals surface area contributed by atoms with Gasteiger partial charge in [0.15, 0.2) is 6.10 Å². The molecule has 1 unspecified atom stereocenters. The number of carbonyl (C=O) groups is 2. The summed E-state index contributed by atoms with van der Waals surface area (Å²) < 4.78 is 32.5. The molecule has 3 N–H and O–H groups in total. The molecule has 0 aromatic heterocycles. The molecule has 254 valence electrons. The number of allylic oxidation sites excluding steroid dienone is 2. The van der Waals surface area contributed by atoms with Gasteiger partial charge in [-0.3, -0.25) is 18.6 Å². The van der Waals surface area contributed by atoms with E-state index in [9.17, 15) is 19.0 Å². The molecule has 0 saturated carbocycles. The summed E-state index contributed by atoms with van der Waals surface area (Å²) in [6, 6.07) is 0. The second kappa shape index (κ2) is 30.8. The van der Waals surface area contributed by atoms with Crippen LogP contribution in [0, 0.1) is 0 Å². The third-order valence-corrected chi connectivity index (χ3v) is 8.14. The van der Waals surface area contributed by atoms with Crippen molar-refractivity contribution in [2.75, 3.05) is 26.4 Å². The van der Waals surface area contributed by atoms with E-state index in [-0.39, 0.29) is 38.6 Å². The fraction of sp³-hybridized carbons (Fsp3) is 0.879. The number of phosphoric ester groups is 1. The number of esters is 2. The predicted molar refractivity (Wildman–Crippen MR) is 174 cm³/mol. The predicted octanol–water partition coefficient (Wildman–Crippen LogP) is 8.71. The minimum absolute atomic E-state index is 0.0542.